The van der Waals surface area contributed by atoms with Crippen LogP contribution >= 0.6 is 0 Å². The molecule has 1 unspecified atom stereocenters. The van der Waals surface area contributed by atoms with E-state index in [9.17, 15) is 13.2 Å². The fourth-order valence-electron chi connectivity index (χ4n) is 4.13. The molecule has 7 heteroatoms. The normalized spacial score (nSPS) is 23.9. The number of aromatic amines is 1. The van der Waals surface area contributed by atoms with Gasteiger partial charge in [-0.15, -0.1) is 0 Å². The van der Waals surface area contributed by atoms with Gasteiger partial charge in [0.2, 0.25) is 0 Å². The number of fused-ring (bicyclic) bond motifs is 1. The van der Waals surface area contributed by atoms with Gasteiger partial charge in [-0.05, 0) is 19.4 Å². The lowest BCUT2D eigenvalue weighted by molar-refractivity contribution is 0.0272. The quantitative estimate of drug-likeness (QED) is 0.900. The first-order valence-corrected chi connectivity index (χ1v) is 10.3. The largest absolute Gasteiger partial charge is 0.381 e. The van der Waals surface area contributed by atoms with Gasteiger partial charge in [0.1, 0.15) is 4.75 Å². The summed E-state index contributed by atoms with van der Waals surface area (Å²) in [6, 6.07) is 7.63. The Labute approximate surface area is 147 Å². The van der Waals surface area contributed by atoms with E-state index in [1.165, 1.54) is 0 Å². The molecule has 6 nitrogen and oxygen atoms in total. The van der Waals surface area contributed by atoms with Crippen LogP contribution < -0.4 is 0 Å². The molecule has 4 rings (SSSR count). The smallest absolute Gasteiger partial charge is 0.256 e. The molecule has 134 valence electrons. The predicted molar refractivity (Wildman–Crippen MR) is 95.3 cm³/mol. The van der Waals surface area contributed by atoms with Gasteiger partial charge < -0.3 is 14.6 Å². The minimum atomic E-state index is -3.19. The van der Waals surface area contributed by atoms with Crippen LogP contribution in [0.2, 0.25) is 0 Å². The van der Waals surface area contributed by atoms with E-state index in [0.29, 0.717) is 25.2 Å². The number of benzene rings is 1. The number of aromatic nitrogens is 1. The number of rotatable bonds is 4. The minimum Gasteiger partial charge on any atom is -0.381 e. The van der Waals surface area contributed by atoms with Gasteiger partial charge in [-0.1, -0.05) is 18.2 Å². The third-order valence-electron chi connectivity index (χ3n) is 5.65. The van der Waals surface area contributed by atoms with Crippen LogP contribution in [0.25, 0.3) is 10.9 Å². The van der Waals surface area contributed by atoms with Crippen LogP contribution in [-0.2, 0) is 14.6 Å². The maximum atomic E-state index is 12.9. The molecule has 25 heavy (non-hydrogen) atoms. The van der Waals surface area contributed by atoms with Crippen molar-refractivity contribution in [1.29, 1.82) is 0 Å². The standard InChI is InChI=1S/C18H22N2O4S/c1-2-24-10-13-7-8-25(22,23)18(13)11-20(12-18)17(21)15-9-19-16-6-4-3-5-14(15)16/h3-6,9,13,19H,2,7-8,10-12H2,1H3. The number of nitrogens with zero attached hydrogens (tertiary/aromatic N) is 1. The van der Waals surface area contributed by atoms with Crippen molar-refractivity contribution in [2.75, 3.05) is 32.1 Å². The average molecular weight is 362 g/mol. The average Bonchev–Trinajstić information content (AvgIpc) is 3.09. The van der Waals surface area contributed by atoms with E-state index in [-0.39, 0.29) is 30.7 Å². The lowest BCUT2D eigenvalue weighted by Gasteiger charge is -2.49. The highest BCUT2D eigenvalue weighted by atomic mass is 32.2. The Bertz CT molecular complexity index is 912. The second-order valence-electron chi connectivity index (χ2n) is 6.94. The molecule has 1 amide bonds. The van der Waals surface area contributed by atoms with E-state index in [1.807, 2.05) is 31.2 Å². The molecule has 2 aromatic rings. The van der Waals surface area contributed by atoms with Crippen molar-refractivity contribution in [3.63, 3.8) is 0 Å². The Kier molecular flexibility index (Phi) is 3.88. The van der Waals surface area contributed by atoms with E-state index in [4.69, 9.17) is 4.74 Å². The number of carbonyl (C=O) groups is 1. The number of carbonyl (C=O) groups excluding carboxylic acids is 1. The Morgan fingerprint density at radius 3 is 2.88 bits per heavy atom. The number of likely N-dealkylation sites (tertiary alicyclic amines) is 1. The van der Waals surface area contributed by atoms with Gasteiger partial charge >= 0.3 is 0 Å². The molecule has 1 N–H and O–H groups in total. The number of para-hydroxylation sites is 1. The zero-order valence-electron chi connectivity index (χ0n) is 14.2. The SMILES string of the molecule is CCOCC1CCS(=O)(=O)C12CN(C(=O)c1c[nH]c3ccccc13)C2. The lowest BCUT2D eigenvalue weighted by Crippen LogP contribution is -2.68. The topological polar surface area (TPSA) is 79.5 Å². The van der Waals surface area contributed by atoms with Crippen LogP contribution in [0.15, 0.2) is 30.5 Å². The molecule has 0 aliphatic carbocycles. The summed E-state index contributed by atoms with van der Waals surface area (Å²) in [7, 11) is -3.19. The summed E-state index contributed by atoms with van der Waals surface area (Å²) >= 11 is 0. The highest BCUT2D eigenvalue weighted by molar-refractivity contribution is 7.93. The second-order valence-corrected chi connectivity index (χ2v) is 9.39. The van der Waals surface area contributed by atoms with Gasteiger partial charge in [-0.25, -0.2) is 8.42 Å². The third kappa shape index (κ3) is 2.40. The molecule has 1 aromatic carbocycles. The molecule has 2 aliphatic heterocycles. The van der Waals surface area contributed by atoms with E-state index in [0.717, 1.165) is 10.9 Å². The molecule has 2 saturated heterocycles. The van der Waals surface area contributed by atoms with E-state index in [1.54, 1.807) is 11.1 Å². The number of nitrogens with one attached hydrogen (secondary N) is 1. The first-order valence-electron chi connectivity index (χ1n) is 8.64. The third-order valence-corrected chi connectivity index (χ3v) is 8.25. The van der Waals surface area contributed by atoms with Crippen molar-refractivity contribution in [3.8, 4) is 0 Å². The van der Waals surface area contributed by atoms with Crippen molar-refractivity contribution in [3.05, 3.63) is 36.0 Å². The summed E-state index contributed by atoms with van der Waals surface area (Å²) in [5.74, 6) is 0.0599. The van der Waals surface area contributed by atoms with Crippen molar-refractivity contribution in [2.24, 2.45) is 5.92 Å². The second kappa shape index (κ2) is 5.85. The summed E-state index contributed by atoms with van der Waals surface area (Å²) in [6.45, 7) is 3.47. The highest BCUT2D eigenvalue weighted by Gasteiger charge is 2.62. The number of hydrogen-bond acceptors (Lipinski definition) is 4. The lowest BCUT2D eigenvalue weighted by atomic mass is 9.83. The number of hydrogen-bond donors (Lipinski definition) is 1. The molecule has 0 bridgehead atoms. The maximum Gasteiger partial charge on any atom is 0.256 e. The monoisotopic (exact) mass is 362 g/mol. The molecular weight excluding hydrogens is 340 g/mol. The summed E-state index contributed by atoms with van der Waals surface area (Å²) in [5.41, 5.74) is 1.51. The Balaban J connectivity index is 1.56. The Morgan fingerprint density at radius 2 is 2.12 bits per heavy atom. The molecule has 1 aromatic heterocycles. The van der Waals surface area contributed by atoms with Crippen molar-refractivity contribution >= 4 is 26.6 Å². The molecule has 2 fully saturated rings. The minimum absolute atomic E-state index is 0.0236. The first kappa shape index (κ1) is 16.6. The molecular formula is C18H22N2O4S. The van der Waals surface area contributed by atoms with E-state index < -0.39 is 14.6 Å². The summed E-state index contributed by atoms with van der Waals surface area (Å²) in [5, 5.41) is 0.869. The van der Waals surface area contributed by atoms with E-state index in [2.05, 4.69) is 4.98 Å². The first-order chi connectivity index (χ1) is 12.0. The van der Waals surface area contributed by atoms with Gasteiger partial charge in [0.05, 0.1) is 17.9 Å². The number of ether oxygens (including phenoxy) is 1. The highest BCUT2D eigenvalue weighted by Crippen LogP contribution is 2.45. The molecule has 0 saturated carbocycles. The Morgan fingerprint density at radius 1 is 1.36 bits per heavy atom. The fraction of sp³-hybridized carbons (Fsp3) is 0.500. The number of sulfone groups is 1. The zero-order valence-corrected chi connectivity index (χ0v) is 15.0. The molecule has 3 heterocycles. The van der Waals surface area contributed by atoms with Crippen LogP contribution in [0.4, 0.5) is 0 Å². The van der Waals surface area contributed by atoms with Gasteiger partial charge in [-0.3, -0.25) is 4.79 Å². The Hall–Kier alpha value is -1.86. The number of amides is 1. The van der Waals surface area contributed by atoms with Crippen molar-refractivity contribution < 1.29 is 17.9 Å². The summed E-state index contributed by atoms with van der Waals surface area (Å²) in [4.78, 5) is 17.6. The van der Waals surface area contributed by atoms with Crippen LogP contribution in [0.5, 0.6) is 0 Å². The molecule has 0 radical (unpaired) electrons. The fourth-order valence-corrected chi connectivity index (χ4v) is 6.53. The van der Waals surface area contributed by atoms with Crippen LogP contribution in [-0.4, -0.2) is 61.0 Å². The maximum absolute atomic E-state index is 12.9. The van der Waals surface area contributed by atoms with Crippen LogP contribution in [0, 0.1) is 5.92 Å². The molecule has 1 atom stereocenters. The predicted octanol–water partition coefficient (Wildman–Crippen LogP) is 1.83. The van der Waals surface area contributed by atoms with Gasteiger partial charge in [-0.2, -0.15) is 0 Å². The van der Waals surface area contributed by atoms with Crippen LogP contribution in [0.3, 0.4) is 0 Å². The van der Waals surface area contributed by atoms with Crippen LogP contribution in [0.1, 0.15) is 23.7 Å². The van der Waals surface area contributed by atoms with Crippen molar-refractivity contribution in [1.82, 2.24) is 9.88 Å². The van der Waals surface area contributed by atoms with Gasteiger partial charge in [0, 0.05) is 42.7 Å². The molecule has 2 aliphatic rings. The number of H-pyrrole nitrogens is 1. The van der Waals surface area contributed by atoms with Gasteiger partial charge in [0.15, 0.2) is 9.84 Å². The molecule has 1 spiro atoms. The van der Waals surface area contributed by atoms with E-state index >= 15 is 0 Å². The zero-order chi connectivity index (χ0) is 17.7. The summed E-state index contributed by atoms with van der Waals surface area (Å²) in [6.07, 6.45) is 2.33. The van der Waals surface area contributed by atoms with Gasteiger partial charge in [0.25, 0.3) is 5.91 Å². The summed E-state index contributed by atoms with van der Waals surface area (Å²) < 4.78 is 29.9. The van der Waals surface area contributed by atoms with Crippen molar-refractivity contribution in [2.45, 2.75) is 18.1 Å².